The van der Waals surface area contributed by atoms with E-state index in [2.05, 4.69) is 10.4 Å². The molecular formula is C13H21N3O3. The monoisotopic (exact) mass is 267 g/mol. The van der Waals surface area contributed by atoms with Gasteiger partial charge in [0, 0.05) is 31.8 Å². The molecule has 1 unspecified atom stereocenters. The highest BCUT2D eigenvalue weighted by Crippen LogP contribution is 2.31. The van der Waals surface area contributed by atoms with Gasteiger partial charge in [0.1, 0.15) is 0 Å². The summed E-state index contributed by atoms with van der Waals surface area (Å²) < 4.78 is 1.65. The summed E-state index contributed by atoms with van der Waals surface area (Å²) in [7, 11) is 1.80. The molecule has 2 N–H and O–H groups in total. The minimum atomic E-state index is -1.04. The molecule has 1 rings (SSSR count). The van der Waals surface area contributed by atoms with Crippen molar-refractivity contribution in [2.24, 2.45) is 18.4 Å². The van der Waals surface area contributed by atoms with E-state index in [0.29, 0.717) is 6.54 Å². The number of rotatable bonds is 6. The first-order chi connectivity index (χ1) is 8.75. The average Bonchev–Trinajstić information content (AvgIpc) is 2.72. The number of nitrogens with one attached hydrogen (secondary N) is 1. The largest absolute Gasteiger partial charge is 0.481 e. The molecule has 1 atom stereocenters. The Hall–Kier alpha value is -1.85. The van der Waals surface area contributed by atoms with Crippen LogP contribution in [0.2, 0.25) is 0 Å². The van der Waals surface area contributed by atoms with Crippen LogP contribution in [0, 0.1) is 11.3 Å². The van der Waals surface area contributed by atoms with Gasteiger partial charge in [-0.15, -0.1) is 0 Å². The first-order valence-electron chi connectivity index (χ1n) is 6.23. The molecule has 6 nitrogen and oxygen atoms in total. The van der Waals surface area contributed by atoms with E-state index in [1.807, 2.05) is 13.8 Å². The minimum Gasteiger partial charge on any atom is -0.481 e. The number of carboxylic acids is 1. The average molecular weight is 267 g/mol. The van der Waals surface area contributed by atoms with Crippen molar-refractivity contribution < 1.29 is 14.7 Å². The van der Waals surface area contributed by atoms with Gasteiger partial charge < -0.3 is 10.4 Å². The Bertz CT molecular complexity index is 467. The second kappa shape index (κ2) is 5.86. The van der Waals surface area contributed by atoms with Gasteiger partial charge in [-0.05, 0) is 12.8 Å². The standard InChI is InChI=1S/C13H21N3O3/c1-9(2)13(3,12(18)19)5-11(17)14-6-10-7-15-16(4)8-10/h7-9H,5-6H2,1-4H3,(H,14,17)(H,18,19). The van der Waals surface area contributed by atoms with E-state index >= 15 is 0 Å². The summed E-state index contributed by atoms with van der Waals surface area (Å²) in [4.78, 5) is 23.1. The van der Waals surface area contributed by atoms with E-state index in [-0.39, 0.29) is 18.2 Å². The lowest BCUT2D eigenvalue weighted by Crippen LogP contribution is -2.39. The van der Waals surface area contributed by atoms with Gasteiger partial charge in [-0.25, -0.2) is 0 Å². The number of nitrogens with zero attached hydrogens (tertiary/aromatic N) is 2. The molecule has 0 spiro atoms. The third kappa shape index (κ3) is 3.81. The molecule has 0 radical (unpaired) electrons. The summed E-state index contributed by atoms with van der Waals surface area (Å²) >= 11 is 0. The lowest BCUT2D eigenvalue weighted by molar-refractivity contribution is -0.153. The molecule has 19 heavy (non-hydrogen) atoms. The van der Waals surface area contributed by atoms with Crippen molar-refractivity contribution in [1.82, 2.24) is 15.1 Å². The molecule has 1 amide bonds. The first kappa shape index (κ1) is 15.2. The number of hydrogen-bond acceptors (Lipinski definition) is 3. The van der Waals surface area contributed by atoms with Crippen molar-refractivity contribution in [3.8, 4) is 0 Å². The summed E-state index contributed by atoms with van der Waals surface area (Å²) in [6, 6.07) is 0. The van der Waals surface area contributed by atoms with Crippen LogP contribution >= 0.6 is 0 Å². The van der Waals surface area contributed by atoms with Crippen LogP contribution in [-0.4, -0.2) is 26.8 Å². The predicted octanol–water partition coefficient (Wildman–Crippen LogP) is 1.17. The molecule has 106 valence electrons. The second-order valence-corrected chi connectivity index (χ2v) is 5.35. The van der Waals surface area contributed by atoms with E-state index in [9.17, 15) is 14.7 Å². The van der Waals surface area contributed by atoms with E-state index in [4.69, 9.17) is 0 Å². The fourth-order valence-corrected chi connectivity index (χ4v) is 1.69. The van der Waals surface area contributed by atoms with E-state index in [1.165, 1.54) is 0 Å². The Morgan fingerprint density at radius 1 is 1.53 bits per heavy atom. The Morgan fingerprint density at radius 2 is 2.16 bits per heavy atom. The summed E-state index contributed by atoms with van der Waals surface area (Å²) in [5, 5.41) is 16.0. The highest BCUT2D eigenvalue weighted by molar-refractivity contribution is 5.84. The van der Waals surface area contributed by atoms with Crippen molar-refractivity contribution >= 4 is 11.9 Å². The van der Waals surface area contributed by atoms with Crippen molar-refractivity contribution in [1.29, 1.82) is 0 Å². The number of amides is 1. The third-order valence-electron chi connectivity index (χ3n) is 3.54. The number of carboxylic acid groups (broad SMARTS) is 1. The second-order valence-electron chi connectivity index (χ2n) is 5.35. The van der Waals surface area contributed by atoms with Gasteiger partial charge in [-0.3, -0.25) is 14.3 Å². The minimum absolute atomic E-state index is 0.0275. The number of carbonyl (C=O) groups is 2. The molecule has 0 saturated heterocycles. The van der Waals surface area contributed by atoms with Crippen molar-refractivity contribution in [2.45, 2.75) is 33.7 Å². The topological polar surface area (TPSA) is 84.2 Å². The maximum Gasteiger partial charge on any atom is 0.310 e. The van der Waals surface area contributed by atoms with Gasteiger partial charge in [0.25, 0.3) is 0 Å². The molecule has 6 heteroatoms. The fourth-order valence-electron chi connectivity index (χ4n) is 1.69. The lowest BCUT2D eigenvalue weighted by Gasteiger charge is -2.28. The maximum absolute atomic E-state index is 11.8. The van der Waals surface area contributed by atoms with Crippen LogP contribution in [-0.2, 0) is 23.2 Å². The summed E-state index contributed by atoms with van der Waals surface area (Å²) in [5.41, 5.74) is -0.156. The highest BCUT2D eigenvalue weighted by atomic mass is 16.4. The van der Waals surface area contributed by atoms with Crippen LogP contribution in [0.5, 0.6) is 0 Å². The van der Waals surface area contributed by atoms with Crippen LogP contribution in [0.3, 0.4) is 0 Å². The van der Waals surface area contributed by atoms with Gasteiger partial charge in [-0.2, -0.15) is 5.10 Å². The Balaban J connectivity index is 2.57. The molecule has 0 fully saturated rings. The first-order valence-corrected chi connectivity index (χ1v) is 6.23. The molecular weight excluding hydrogens is 246 g/mol. The zero-order valence-electron chi connectivity index (χ0n) is 11.8. The van der Waals surface area contributed by atoms with E-state index < -0.39 is 11.4 Å². The lowest BCUT2D eigenvalue weighted by atomic mass is 9.76. The number of carbonyl (C=O) groups excluding carboxylic acids is 1. The normalized spacial score (nSPS) is 14.2. The predicted molar refractivity (Wildman–Crippen MR) is 70.3 cm³/mol. The van der Waals surface area contributed by atoms with Gasteiger partial charge in [0.15, 0.2) is 0 Å². The maximum atomic E-state index is 11.8. The zero-order chi connectivity index (χ0) is 14.6. The number of aromatic nitrogens is 2. The molecule has 1 aromatic heterocycles. The van der Waals surface area contributed by atoms with Crippen molar-refractivity contribution in [2.75, 3.05) is 0 Å². The van der Waals surface area contributed by atoms with Crippen LogP contribution in [0.4, 0.5) is 0 Å². The molecule has 1 aromatic rings. The molecule has 0 aliphatic carbocycles. The van der Waals surface area contributed by atoms with E-state index in [1.54, 1.807) is 31.0 Å². The number of aliphatic carboxylic acids is 1. The smallest absolute Gasteiger partial charge is 0.310 e. The Kier molecular flexibility index (Phi) is 4.69. The van der Waals surface area contributed by atoms with Crippen LogP contribution in [0.25, 0.3) is 0 Å². The SMILES string of the molecule is CC(C)C(C)(CC(=O)NCc1cnn(C)c1)C(=O)O. The van der Waals surface area contributed by atoms with Gasteiger partial charge in [0.05, 0.1) is 11.6 Å². The van der Waals surface area contributed by atoms with Crippen molar-refractivity contribution in [3.05, 3.63) is 18.0 Å². The van der Waals surface area contributed by atoms with Crippen LogP contribution in [0.15, 0.2) is 12.4 Å². The van der Waals surface area contributed by atoms with Gasteiger partial charge >= 0.3 is 5.97 Å². The number of aryl methyl sites for hydroxylation is 1. The zero-order valence-corrected chi connectivity index (χ0v) is 11.8. The Labute approximate surface area is 112 Å². The van der Waals surface area contributed by atoms with Crippen LogP contribution < -0.4 is 5.32 Å². The summed E-state index contributed by atoms with van der Waals surface area (Å²) in [6.45, 7) is 5.58. The summed E-state index contributed by atoms with van der Waals surface area (Å²) in [6.07, 6.45) is 3.44. The molecule has 0 saturated carbocycles. The Morgan fingerprint density at radius 3 is 2.58 bits per heavy atom. The summed E-state index contributed by atoms with van der Waals surface area (Å²) in [5.74, 6) is -1.32. The molecule has 0 bridgehead atoms. The molecule has 0 aromatic carbocycles. The quantitative estimate of drug-likeness (QED) is 0.810. The molecule has 1 heterocycles. The van der Waals surface area contributed by atoms with Crippen molar-refractivity contribution in [3.63, 3.8) is 0 Å². The molecule has 0 aliphatic heterocycles. The highest BCUT2D eigenvalue weighted by Gasteiger charge is 2.38. The van der Waals surface area contributed by atoms with Gasteiger partial charge in [0.2, 0.25) is 5.91 Å². The van der Waals surface area contributed by atoms with Crippen LogP contribution in [0.1, 0.15) is 32.8 Å². The van der Waals surface area contributed by atoms with E-state index in [0.717, 1.165) is 5.56 Å². The molecule has 0 aliphatic rings. The van der Waals surface area contributed by atoms with Gasteiger partial charge in [-0.1, -0.05) is 13.8 Å². The third-order valence-corrected chi connectivity index (χ3v) is 3.54. The number of hydrogen-bond donors (Lipinski definition) is 2. The fraction of sp³-hybridized carbons (Fsp3) is 0.615.